The second kappa shape index (κ2) is 4.97. The number of nitrogens with zero attached hydrogens (tertiary/aromatic N) is 3. The SMILES string of the molecule is Cc1ccc(OCOn2nnc3ccccc32)cc1. The Bertz CT molecular complexity index is 676. The average Bonchev–Trinajstić information content (AvgIpc) is 2.85. The van der Waals surface area contributed by atoms with Crippen molar-refractivity contribution in [2.75, 3.05) is 6.79 Å². The van der Waals surface area contributed by atoms with E-state index in [1.165, 1.54) is 10.4 Å². The normalized spacial score (nSPS) is 10.6. The van der Waals surface area contributed by atoms with Gasteiger partial charge in [0.05, 0.1) is 0 Å². The van der Waals surface area contributed by atoms with Gasteiger partial charge in [0.25, 0.3) is 6.79 Å². The lowest BCUT2D eigenvalue weighted by Crippen LogP contribution is -2.18. The van der Waals surface area contributed by atoms with Gasteiger partial charge in [0, 0.05) is 0 Å². The van der Waals surface area contributed by atoms with Crippen molar-refractivity contribution >= 4 is 11.0 Å². The van der Waals surface area contributed by atoms with Crippen LogP contribution in [0.15, 0.2) is 48.5 Å². The zero-order valence-corrected chi connectivity index (χ0v) is 10.5. The van der Waals surface area contributed by atoms with E-state index in [1.54, 1.807) is 0 Å². The fourth-order valence-corrected chi connectivity index (χ4v) is 1.72. The number of ether oxygens (including phenoxy) is 1. The van der Waals surface area contributed by atoms with E-state index in [1.807, 2.05) is 55.5 Å². The Kier molecular flexibility index (Phi) is 3.02. The molecule has 1 heterocycles. The number of rotatable bonds is 4. The van der Waals surface area contributed by atoms with Gasteiger partial charge in [-0.25, -0.2) is 0 Å². The molecule has 96 valence electrons. The zero-order chi connectivity index (χ0) is 13.1. The Morgan fingerprint density at radius 2 is 1.84 bits per heavy atom. The number of fused-ring (bicyclic) bond motifs is 1. The van der Waals surface area contributed by atoms with Gasteiger partial charge in [-0.05, 0) is 36.4 Å². The van der Waals surface area contributed by atoms with Crippen molar-refractivity contribution in [2.24, 2.45) is 0 Å². The molecule has 0 aliphatic rings. The van der Waals surface area contributed by atoms with E-state index in [4.69, 9.17) is 9.57 Å². The monoisotopic (exact) mass is 255 g/mol. The molecule has 5 nitrogen and oxygen atoms in total. The van der Waals surface area contributed by atoms with Gasteiger partial charge in [-0.3, -0.25) is 0 Å². The molecule has 0 atom stereocenters. The highest BCUT2D eigenvalue weighted by atomic mass is 16.8. The van der Waals surface area contributed by atoms with Crippen LogP contribution in [0.3, 0.4) is 0 Å². The van der Waals surface area contributed by atoms with E-state index in [2.05, 4.69) is 10.3 Å². The van der Waals surface area contributed by atoms with Crippen LogP contribution in [-0.2, 0) is 0 Å². The van der Waals surface area contributed by atoms with Crippen LogP contribution in [0.4, 0.5) is 0 Å². The summed E-state index contributed by atoms with van der Waals surface area (Å²) in [5.74, 6) is 0.759. The average molecular weight is 255 g/mol. The van der Waals surface area contributed by atoms with E-state index < -0.39 is 0 Å². The summed E-state index contributed by atoms with van der Waals surface area (Å²) in [7, 11) is 0. The van der Waals surface area contributed by atoms with Gasteiger partial charge >= 0.3 is 0 Å². The lowest BCUT2D eigenvalue weighted by atomic mass is 10.2. The molecule has 3 aromatic rings. The van der Waals surface area contributed by atoms with Gasteiger partial charge in [-0.2, -0.15) is 0 Å². The van der Waals surface area contributed by atoms with E-state index in [-0.39, 0.29) is 6.79 Å². The van der Waals surface area contributed by atoms with Crippen molar-refractivity contribution in [1.29, 1.82) is 0 Å². The lowest BCUT2D eigenvalue weighted by Gasteiger charge is -2.07. The molecule has 0 unspecified atom stereocenters. The summed E-state index contributed by atoms with van der Waals surface area (Å²) < 4.78 is 5.47. The molecule has 1 aromatic heterocycles. The molecule has 0 amide bonds. The standard InChI is InChI=1S/C14H13N3O2/c1-11-6-8-12(9-7-11)18-10-19-17-14-5-3-2-4-13(14)15-16-17/h2-9H,10H2,1H3. The molecule has 0 aliphatic carbocycles. The first-order chi connectivity index (χ1) is 9.33. The second-order valence-corrected chi connectivity index (χ2v) is 4.16. The number of aromatic nitrogens is 3. The third-order valence-electron chi connectivity index (χ3n) is 2.74. The van der Waals surface area contributed by atoms with Crippen LogP contribution in [0, 0.1) is 6.92 Å². The Morgan fingerprint density at radius 1 is 1.05 bits per heavy atom. The highest BCUT2D eigenvalue weighted by Crippen LogP contribution is 2.11. The molecule has 2 aromatic carbocycles. The van der Waals surface area contributed by atoms with Gasteiger partial charge < -0.3 is 9.57 Å². The Hall–Kier alpha value is -2.56. The smallest absolute Gasteiger partial charge is 0.255 e. The lowest BCUT2D eigenvalue weighted by molar-refractivity contribution is -0.00930. The highest BCUT2D eigenvalue weighted by Gasteiger charge is 2.03. The minimum Gasteiger partial charge on any atom is -0.455 e. The van der Waals surface area contributed by atoms with Crippen molar-refractivity contribution in [3.05, 3.63) is 54.1 Å². The van der Waals surface area contributed by atoms with Crippen molar-refractivity contribution in [3.63, 3.8) is 0 Å². The molecule has 3 rings (SSSR count). The second-order valence-electron chi connectivity index (χ2n) is 4.16. The molecule has 0 aliphatic heterocycles. The number of benzene rings is 2. The van der Waals surface area contributed by atoms with E-state index in [0.717, 1.165) is 16.8 Å². The molecule has 0 saturated heterocycles. The van der Waals surface area contributed by atoms with Crippen LogP contribution in [0.2, 0.25) is 0 Å². The molecule has 5 heteroatoms. The summed E-state index contributed by atoms with van der Waals surface area (Å²) >= 11 is 0. The van der Waals surface area contributed by atoms with Gasteiger partial charge in [0.1, 0.15) is 16.8 Å². The van der Waals surface area contributed by atoms with Gasteiger partial charge in [-0.1, -0.05) is 34.7 Å². The summed E-state index contributed by atoms with van der Waals surface area (Å²) in [6, 6.07) is 15.4. The number of aryl methyl sites for hydroxylation is 1. The Morgan fingerprint density at radius 3 is 2.68 bits per heavy atom. The summed E-state index contributed by atoms with van der Waals surface area (Å²) in [4.78, 5) is 6.78. The first-order valence-corrected chi connectivity index (χ1v) is 5.96. The van der Waals surface area contributed by atoms with Crippen LogP contribution in [0.5, 0.6) is 5.75 Å². The van der Waals surface area contributed by atoms with Crippen LogP contribution >= 0.6 is 0 Å². The number of para-hydroxylation sites is 1. The quantitative estimate of drug-likeness (QED) is 0.671. The Labute approximate surface area is 110 Å². The van der Waals surface area contributed by atoms with Gasteiger partial charge in [0.2, 0.25) is 0 Å². The minimum atomic E-state index is 0.0798. The third-order valence-corrected chi connectivity index (χ3v) is 2.74. The summed E-state index contributed by atoms with van der Waals surface area (Å²) in [6.45, 7) is 2.11. The fourth-order valence-electron chi connectivity index (χ4n) is 1.72. The van der Waals surface area contributed by atoms with Gasteiger partial charge in [0.15, 0.2) is 0 Å². The van der Waals surface area contributed by atoms with Crippen molar-refractivity contribution in [3.8, 4) is 5.75 Å². The summed E-state index contributed by atoms with van der Waals surface area (Å²) in [5, 5.41) is 7.89. The highest BCUT2D eigenvalue weighted by molar-refractivity contribution is 5.73. The molecule has 0 saturated carbocycles. The van der Waals surface area contributed by atoms with Crippen LogP contribution in [-0.4, -0.2) is 22.0 Å². The van der Waals surface area contributed by atoms with Crippen molar-refractivity contribution < 1.29 is 9.57 Å². The largest absolute Gasteiger partial charge is 0.455 e. The number of hydrogen-bond acceptors (Lipinski definition) is 4. The molecule has 0 fully saturated rings. The van der Waals surface area contributed by atoms with Crippen LogP contribution in [0.25, 0.3) is 11.0 Å². The van der Waals surface area contributed by atoms with E-state index >= 15 is 0 Å². The molecular weight excluding hydrogens is 242 g/mol. The summed E-state index contributed by atoms with van der Waals surface area (Å²) in [5.41, 5.74) is 2.79. The third kappa shape index (κ3) is 2.49. The number of hydrogen-bond donors (Lipinski definition) is 0. The molecule has 19 heavy (non-hydrogen) atoms. The molecule has 0 bridgehead atoms. The summed E-state index contributed by atoms with van der Waals surface area (Å²) in [6.07, 6.45) is 0. The minimum absolute atomic E-state index is 0.0798. The molecule has 0 spiro atoms. The topological polar surface area (TPSA) is 49.2 Å². The molecular formula is C14H13N3O2. The maximum atomic E-state index is 5.47. The first kappa shape index (κ1) is 11.5. The van der Waals surface area contributed by atoms with E-state index in [0.29, 0.717) is 0 Å². The molecule has 0 N–H and O–H groups in total. The fraction of sp³-hybridized carbons (Fsp3) is 0.143. The maximum Gasteiger partial charge on any atom is 0.255 e. The predicted molar refractivity (Wildman–Crippen MR) is 70.8 cm³/mol. The maximum absolute atomic E-state index is 5.47. The van der Waals surface area contributed by atoms with E-state index in [9.17, 15) is 0 Å². The van der Waals surface area contributed by atoms with Gasteiger partial charge in [-0.15, -0.1) is 5.10 Å². The van der Waals surface area contributed by atoms with Crippen molar-refractivity contribution in [2.45, 2.75) is 6.92 Å². The Balaban J connectivity index is 1.65. The van der Waals surface area contributed by atoms with Crippen molar-refractivity contribution in [1.82, 2.24) is 15.2 Å². The first-order valence-electron chi connectivity index (χ1n) is 5.96. The van der Waals surface area contributed by atoms with Crippen LogP contribution in [0.1, 0.15) is 5.56 Å². The van der Waals surface area contributed by atoms with Crippen LogP contribution < -0.4 is 9.57 Å². The molecule has 0 radical (unpaired) electrons. The predicted octanol–water partition coefficient (Wildman–Crippen LogP) is 2.20. The zero-order valence-electron chi connectivity index (χ0n) is 10.5.